The predicted molar refractivity (Wildman–Crippen MR) is 129 cm³/mol. The number of aromatic nitrogens is 3. The second-order valence-electron chi connectivity index (χ2n) is 7.37. The fraction of sp³-hybridized carbons (Fsp3) is 0.167. The van der Waals surface area contributed by atoms with Gasteiger partial charge in [0.05, 0.1) is 28.8 Å². The van der Waals surface area contributed by atoms with E-state index in [9.17, 15) is 19.8 Å². The molecular weight excluding hydrogens is 442 g/mol. The Morgan fingerprint density at radius 3 is 2.67 bits per heavy atom. The zero-order valence-electron chi connectivity index (χ0n) is 18.3. The smallest absolute Gasteiger partial charge is 0.335 e. The fourth-order valence-corrected chi connectivity index (χ4v) is 5.23. The van der Waals surface area contributed by atoms with Crippen LogP contribution >= 0.6 is 10.5 Å². The molecule has 2 N–H and O–H groups in total. The number of hydrogen-bond donors (Lipinski definition) is 2. The van der Waals surface area contributed by atoms with Crippen molar-refractivity contribution in [2.75, 3.05) is 5.75 Å². The van der Waals surface area contributed by atoms with E-state index in [1.807, 2.05) is 19.1 Å². The topological polar surface area (TPSA) is 106 Å². The van der Waals surface area contributed by atoms with Gasteiger partial charge in [0.15, 0.2) is 0 Å². The van der Waals surface area contributed by atoms with E-state index in [1.54, 1.807) is 49.1 Å². The van der Waals surface area contributed by atoms with Crippen molar-refractivity contribution < 1.29 is 19.7 Å². The van der Waals surface area contributed by atoms with Crippen molar-refractivity contribution in [2.24, 2.45) is 7.05 Å². The Morgan fingerprint density at radius 1 is 1.18 bits per heavy atom. The second-order valence-corrected chi connectivity index (χ2v) is 9.79. The Bertz CT molecular complexity index is 1460. The monoisotopic (exact) mass is 465 g/mol. The number of imidazole rings is 1. The van der Waals surface area contributed by atoms with Crippen LogP contribution in [0.15, 0.2) is 70.9 Å². The number of ether oxygens (including phenoxy) is 1. The molecule has 170 valence electrons. The Morgan fingerprint density at radius 2 is 1.97 bits per heavy atom. The lowest BCUT2D eigenvalue weighted by Gasteiger charge is -2.17. The number of carbonyl (C=O) groups is 1. The first-order chi connectivity index (χ1) is 15.8. The molecule has 4 rings (SSSR count). The molecule has 0 saturated carbocycles. The first-order valence-electron chi connectivity index (χ1n) is 10.2. The molecule has 0 aliphatic rings. The summed E-state index contributed by atoms with van der Waals surface area (Å²) in [6, 6.07) is 11.9. The minimum absolute atomic E-state index is 0.114. The molecule has 0 fully saturated rings. The van der Waals surface area contributed by atoms with Crippen molar-refractivity contribution in [1.82, 2.24) is 14.0 Å². The highest BCUT2D eigenvalue weighted by Gasteiger charge is 2.17. The summed E-state index contributed by atoms with van der Waals surface area (Å²) in [7, 11) is 1.18. The van der Waals surface area contributed by atoms with Gasteiger partial charge in [-0.05, 0) is 49.1 Å². The van der Waals surface area contributed by atoms with Gasteiger partial charge < -0.3 is 19.5 Å². The van der Waals surface area contributed by atoms with Crippen molar-refractivity contribution in [1.29, 1.82) is 0 Å². The van der Waals surface area contributed by atoms with E-state index in [0.29, 0.717) is 33.3 Å². The average Bonchev–Trinajstić information content (AvgIpc) is 3.28. The fourth-order valence-electron chi connectivity index (χ4n) is 3.65. The molecule has 0 amide bonds. The third kappa shape index (κ3) is 4.33. The number of hydrogen-bond acceptors (Lipinski definition) is 4. The lowest BCUT2D eigenvalue weighted by atomic mass is 10.1. The van der Waals surface area contributed by atoms with E-state index in [-0.39, 0.29) is 11.1 Å². The van der Waals surface area contributed by atoms with Gasteiger partial charge in [-0.2, -0.15) is 0 Å². The molecule has 1 atom stereocenters. The number of carboxylic acid groups (broad SMARTS) is 1. The van der Waals surface area contributed by atoms with Gasteiger partial charge in [-0.1, -0.05) is 13.0 Å². The largest absolute Gasteiger partial charge is 0.478 e. The predicted octanol–water partition coefficient (Wildman–Crippen LogP) is 4.55. The molecule has 2 heterocycles. The Balaban J connectivity index is 1.96. The highest BCUT2D eigenvalue weighted by atomic mass is 32.2. The summed E-state index contributed by atoms with van der Waals surface area (Å²) in [6.45, 7) is 3.69. The van der Waals surface area contributed by atoms with E-state index >= 15 is 0 Å². The molecule has 8 nitrogen and oxygen atoms in total. The number of benzene rings is 2. The molecule has 0 aliphatic carbocycles. The summed E-state index contributed by atoms with van der Waals surface area (Å²) in [5.41, 5.74) is 1.70. The number of nitrogens with zero attached hydrogens (tertiary/aromatic N) is 3. The number of aliphatic hydroxyl groups excluding tert-OH is 1. The van der Waals surface area contributed by atoms with Crippen LogP contribution in [0.25, 0.3) is 16.8 Å². The van der Waals surface area contributed by atoms with Crippen LogP contribution in [0.4, 0.5) is 0 Å². The third-order valence-electron chi connectivity index (χ3n) is 5.22. The van der Waals surface area contributed by atoms with E-state index in [4.69, 9.17) is 4.74 Å². The molecule has 0 spiro atoms. The van der Waals surface area contributed by atoms with E-state index in [1.165, 1.54) is 22.9 Å². The third-order valence-corrected chi connectivity index (χ3v) is 7.33. The zero-order valence-corrected chi connectivity index (χ0v) is 19.2. The summed E-state index contributed by atoms with van der Waals surface area (Å²) in [4.78, 5) is 29.0. The van der Waals surface area contributed by atoms with Crippen molar-refractivity contribution in [2.45, 2.75) is 18.7 Å². The van der Waals surface area contributed by atoms with Gasteiger partial charge in [0.1, 0.15) is 17.0 Å². The normalized spacial score (nSPS) is 12.5. The quantitative estimate of drug-likeness (QED) is 0.405. The molecule has 1 unspecified atom stereocenters. The van der Waals surface area contributed by atoms with Crippen molar-refractivity contribution in [3.63, 3.8) is 0 Å². The molecular formula is C24H23N3O5S. The number of carboxylic acids is 1. The Hall–Kier alpha value is -3.69. The highest BCUT2D eigenvalue weighted by molar-refractivity contribution is 8.15. The standard InChI is InChI=1S/C24H23N3O5S/c1-4-33(15(2)28)18-8-9-22(32-17-7-5-6-16(10-17)24(30)31)19(11-18)21-13-26(3)23(29)20-12-25-14-27(20)21/h5-14,28H,4H2,1-3H3,(H,30,31). The van der Waals surface area contributed by atoms with Crippen LogP contribution in [0.3, 0.4) is 0 Å². The maximum Gasteiger partial charge on any atom is 0.335 e. The van der Waals surface area contributed by atoms with Gasteiger partial charge in [0.2, 0.25) is 0 Å². The van der Waals surface area contributed by atoms with E-state index in [2.05, 4.69) is 4.98 Å². The van der Waals surface area contributed by atoms with Crippen LogP contribution in [0.5, 0.6) is 11.5 Å². The molecule has 2 aromatic heterocycles. The van der Waals surface area contributed by atoms with Gasteiger partial charge in [0, 0.05) is 23.7 Å². The first-order valence-corrected chi connectivity index (χ1v) is 11.6. The Labute approximate surface area is 192 Å². The maximum atomic E-state index is 12.5. The highest BCUT2D eigenvalue weighted by Crippen LogP contribution is 2.39. The van der Waals surface area contributed by atoms with Gasteiger partial charge in [-0.25, -0.2) is 9.78 Å². The Kier molecular flexibility index (Phi) is 6.17. The summed E-state index contributed by atoms with van der Waals surface area (Å²) in [5, 5.41) is 19.9. The second kappa shape index (κ2) is 9.05. The molecule has 9 heteroatoms. The maximum absolute atomic E-state index is 12.5. The summed E-state index contributed by atoms with van der Waals surface area (Å²) < 4.78 is 9.31. The SMILES string of the molecule is CC/S(=C(/C)O)c1ccc(Oc2cccc(C(=O)O)c2)c(-c2cn(C)c(=O)c3cncn23)c1. The van der Waals surface area contributed by atoms with Gasteiger partial charge >= 0.3 is 5.97 Å². The van der Waals surface area contributed by atoms with Crippen LogP contribution in [0.2, 0.25) is 0 Å². The zero-order chi connectivity index (χ0) is 23.7. The van der Waals surface area contributed by atoms with Crippen LogP contribution in [0.1, 0.15) is 24.2 Å². The van der Waals surface area contributed by atoms with E-state index in [0.717, 1.165) is 10.6 Å². The lowest BCUT2D eigenvalue weighted by Crippen LogP contribution is -2.19. The number of fused-ring (bicyclic) bond motifs is 1. The number of aromatic carboxylic acids is 1. The van der Waals surface area contributed by atoms with Crippen LogP contribution in [-0.2, 0) is 7.05 Å². The molecule has 0 saturated heterocycles. The van der Waals surface area contributed by atoms with E-state index < -0.39 is 16.5 Å². The molecule has 4 aromatic rings. The molecule has 33 heavy (non-hydrogen) atoms. The van der Waals surface area contributed by atoms with Crippen LogP contribution in [0, 0.1) is 0 Å². The van der Waals surface area contributed by atoms with Crippen molar-refractivity contribution >= 4 is 27.0 Å². The van der Waals surface area contributed by atoms with Crippen LogP contribution in [-0.4, -0.2) is 40.9 Å². The van der Waals surface area contributed by atoms with Crippen molar-refractivity contribution in [3.8, 4) is 22.8 Å². The summed E-state index contributed by atoms with van der Waals surface area (Å²) in [5.74, 6) is 0.534. The van der Waals surface area contributed by atoms with Gasteiger partial charge in [-0.3, -0.25) is 9.20 Å². The lowest BCUT2D eigenvalue weighted by molar-refractivity contribution is 0.0696. The summed E-state index contributed by atoms with van der Waals surface area (Å²) in [6.07, 6.45) is 4.78. The molecule has 0 bridgehead atoms. The van der Waals surface area contributed by atoms with Crippen molar-refractivity contribution in [3.05, 3.63) is 77.1 Å². The molecule has 2 aromatic carbocycles. The molecule has 0 radical (unpaired) electrons. The number of aliphatic hydroxyl groups is 1. The van der Waals surface area contributed by atoms with Crippen LogP contribution < -0.4 is 10.3 Å². The number of aryl methyl sites for hydroxylation is 1. The van der Waals surface area contributed by atoms with Gasteiger partial charge in [0.25, 0.3) is 5.56 Å². The minimum atomic E-state index is -1.05. The van der Waals surface area contributed by atoms with Gasteiger partial charge in [-0.15, -0.1) is 10.5 Å². The minimum Gasteiger partial charge on any atom is -0.478 e. The molecule has 0 aliphatic heterocycles. The first kappa shape index (κ1) is 22.5. The number of rotatable bonds is 6. The summed E-state index contributed by atoms with van der Waals surface area (Å²) >= 11 is 0. The average molecular weight is 466 g/mol.